The van der Waals surface area contributed by atoms with Gasteiger partial charge in [-0.1, -0.05) is 181 Å². The van der Waals surface area contributed by atoms with E-state index in [0.29, 0.717) is 5.82 Å². The molecule has 294 valence electrons. The van der Waals surface area contributed by atoms with Crippen molar-refractivity contribution in [1.29, 1.82) is 0 Å². The zero-order valence-electron chi connectivity index (χ0n) is 34.8. The largest absolute Gasteiger partial charge is 0.228 e. The van der Waals surface area contributed by atoms with Crippen molar-refractivity contribution in [3.63, 3.8) is 0 Å². The molecule has 0 bridgehead atoms. The Morgan fingerprint density at radius 2 is 0.468 bits per heavy atom. The molecule has 2 heteroatoms. The van der Waals surface area contributed by atoms with Crippen molar-refractivity contribution in [2.24, 2.45) is 0 Å². The predicted molar refractivity (Wildman–Crippen MR) is 260 cm³/mol. The summed E-state index contributed by atoms with van der Waals surface area (Å²) in [6, 6.07) is 82.8. The van der Waals surface area contributed by atoms with Crippen LogP contribution in [0.25, 0.3) is 101 Å². The maximum atomic E-state index is 5.33. The minimum absolute atomic E-state index is 0.689. The molecule has 0 spiro atoms. The lowest BCUT2D eigenvalue weighted by Gasteiger charge is -2.16. The molecule has 0 aliphatic rings. The van der Waals surface area contributed by atoms with Gasteiger partial charge in [0.2, 0.25) is 0 Å². The molecule has 0 radical (unpaired) electrons. The van der Waals surface area contributed by atoms with E-state index >= 15 is 0 Å². The third kappa shape index (κ3) is 8.28. The van der Waals surface area contributed by atoms with Crippen LogP contribution in [0, 0.1) is 13.8 Å². The molecule has 0 saturated heterocycles. The normalized spacial score (nSPS) is 11.1. The van der Waals surface area contributed by atoms with E-state index in [1.807, 2.05) is 24.3 Å². The summed E-state index contributed by atoms with van der Waals surface area (Å²) in [6.07, 6.45) is 0. The van der Waals surface area contributed by atoms with Gasteiger partial charge in [-0.3, -0.25) is 0 Å². The molecular formula is C60H44N2. The number of benzene rings is 9. The Balaban J connectivity index is 1.24. The highest BCUT2D eigenvalue weighted by Gasteiger charge is 2.16. The molecule has 2 nitrogen and oxygen atoms in total. The molecule has 0 amide bonds. The first-order chi connectivity index (χ1) is 30.5. The van der Waals surface area contributed by atoms with Crippen molar-refractivity contribution in [2.45, 2.75) is 13.8 Å². The molecular weight excluding hydrogens is 749 g/mol. The second-order valence-corrected chi connectivity index (χ2v) is 16.1. The number of hydrogen-bond acceptors (Lipinski definition) is 2. The molecule has 62 heavy (non-hydrogen) atoms. The molecule has 0 fully saturated rings. The summed E-state index contributed by atoms with van der Waals surface area (Å²) in [6.45, 7) is 4.28. The molecule has 0 saturated carbocycles. The van der Waals surface area contributed by atoms with Crippen LogP contribution in [0.2, 0.25) is 0 Å². The van der Waals surface area contributed by atoms with Gasteiger partial charge in [0.15, 0.2) is 5.82 Å². The van der Waals surface area contributed by atoms with E-state index in [-0.39, 0.29) is 0 Å². The quantitative estimate of drug-likeness (QED) is 0.145. The number of hydrogen-bond donors (Lipinski definition) is 0. The molecule has 1 heterocycles. The summed E-state index contributed by atoms with van der Waals surface area (Å²) in [5.41, 5.74) is 21.1. The zero-order chi connectivity index (χ0) is 41.8. The van der Waals surface area contributed by atoms with Gasteiger partial charge >= 0.3 is 0 Å². The standard InChI is InChI=1S/C60H44N2/c1-41-23-27-45(28-24-41)51-31-49(43-15-7-3-8-16-43)33-53(35-51)55-37-56(54-34-50(44-17-9-4-10-18-44)32-52(36-54)46-29-25-42(2)26-30-46)39-57(38-55)59-40-58(47-19-11-5-12-20-47)61-60(62-59)48-21-13-6-14-22-48/h3-40H,1-2H3. The second kappa shape index (κ2) is 17.0. The lowest BCUT2D eigenvalue weighted by molar-refractivity contribution is 1.18. The molecule has 1 aromatic heterocycles. The van der Waals surface area contributed by atoms with Crippen LogP contribution in [0.15, 0.2) is 231 Å². The average molecular weight is 793 g/mol. The highest BCUT2D eigenvalue weighted by atomic mass is 14.9. The third-order valence-electron chi connectivity index (χ3n) is 11.6. The summed E-state index contributed by atoms with van der Waals surface area (Å²) in [5.74, 6) is 0.689. The van der Waals surface area contributed by atoms with Crippen LogP contribution in [0.3, 0.4) is 0 Å². The second-order valence-electron chi connectivity index (χ2n) is 16.1. The lowest BCUT2D eigenvalue weighted by Crippen LogP contribution is -1.97. The number of nitrogens with zero attached hydrogens (tertiary/aromatic N) is 2. The maximum absolute atomic E-state index is 5.33. The van der Waals surface area contributed by atoms with Crippen LogP contribution >= 0.6 is 0 Å². The molecule has 0 unspecified atom stereocenters. The fourth-order valence-electron chi connectivity index (χ4n) is 8.19. The lowest BCUT2D eigenvalue weighted by atomic mass is 9.88. The number of aryl methyl sites for hydroxylation is 2. The fraction of sp³-hybridized carbons (Fsp3) is 0.0333. The van der Waals surface area contributed by atoms with Gasteiger partial charge in [-0.05, 0) is 141 Å². The smallest absolute Gasteiger partial charge is 0.160 e. The van der Waals surface area contributed by atoms with E-state index in [9.17, 15) is 0 Å². The zero-order valence-corrected chi connectivity index (χ0v) is 34.8. The predicted octanol–water partition coefficient (Wildman–Crippen LogP) is 16.1. The first-order valence-electron chi connectivity index (χ1n) is 21.2. The van der Waals surface area contributed by atoms with E-state index in [1.54, 1.807) is 0 Å². The van der Waals surface area contributed by atoms with E-state index in [4.69, 9.17) is 9.97 Å². The van der Waals surface area contributed by atoms with E-state index in [0.717, 1.165) is 61.5 Å². The van der Waals surface area contributed by atoms with Crippen molar-refractivity contribution in [3.05, 3.63) is 242 Å². The van der Waals surface area contributed by atoms with Gasteiger partial charge in [-0.25, -0.2) is 9.97 Å². The Kier molecular flexibility index (Phi) is 10.5. The van der Waals surface area contributed by atoms with E-state index in [2.05, 4.69) is 220 Å². The van der Waals surface area contributed by atoms with Gasteiger partial charge < -0.3 is 0 Å². The van der Waals surface area contributed by atoms with Crippen molar-refractivity contribution >= 4 is 0 Å². The van der Waals surface area contributed by atoms with Crippen molar-refractivity contribution in [1.82, 2.24) is 9.97 Å². The summed E-state index contributed by atoms with van der Waals surface area (Å²) in [7, 11) is 0. The average Bonchev–Trinajstić information content (AvgIpc) is 3.35. The molecule has 9 aromatic carbocycles. The monoisotopic (exact) mass is 792 g/mol. The van der Waals surface area contributed by atoms with E-state index in [1.165, 1.54) is 44.5 Å². The summed E-state index contributed by atoms with van der Waals surface area (Å²) >= 11 is 0. The summed E-state index contributed by atoms with van der Waals surface area (Å²) < 4.78 is 0. The molecule has 10 rings (SSSR count). The SMILES string of the molecule is Cc1ccc(-c2cc(-c3ccccc3)cc(-c3cc(-c4cc(-c5ccccc5)cc(-c5ccc(C)cc5)c4)cc(-c4cc(-c5ccccc5)nc(-c5ccccc5)n4)c3)c2)cc1. The van der Waals surface area contributed by atoms with Gasteiger partial charge in [0.05, 0.1) is 11.4 Å². The van der Waals surface area contributed by atoms with Gasteiger partial charge in [0, 0.05) is 16.7 Å². The van der Waals surface area contributed by atoms with Crippen LogP contribution in [0.1, 0.15) is 11.1 Å². The molecule has 0 aliphatic heterocycles. The Morgan fingerprint density at radius 1 is 0.210 bits per heavy atom. The topological polar surface area (TPSA) is 25.8 Å². The maximum Gasteiger partial charge on any atom is 0.160 e. The Bertz CT molecular complexity index is 2930. The van der Waals surface area contributed by atoms with Gasteiger partial charge in [0.25, 0.3) is 0 Å². The minimum atomic E-state index is 0.689. The molecule has 10 aromatic rings. The Morgan fingerprint density at radius 3 is 0.823 bits per heavy atom. The first kappa shape index (κ1) is 38.3. The highest BCUT2D eigenvalue weighted by Crippen LogP contribution is 2.40. The van der Waals surface area contributed by atoms with Crippen molar-refractivity contribution < 1.29 is 0 Å². The number of aromatic nitrogens is 2. The third-order valence-corrected chi connectivity index (χ3v) is 11.6. The first-order valence-corrected chi connectivity index (χ1v) is 21.2. The fourth-order valence-corrected chi connectivity index (χ4v) is 8.19. The van der Waals surface area contributed by atoms with Gasteiger partial charge in [0.1, 0.15) is 0 Å². The van der Waals surface area contributed by atoms with Crippen LogP contribution in [0.5, 0.6) is 0 Å². The summed E-state index contributed by atoms with van der Waals surface area (Å²) in [5, 5.41) is 0. The van der Waals surface area contributed by atoms with Gasteiger partial charge in [-0.15, -0.1) is 0 Å². The Labute approximate surface area is 364 Å². The van der Waals surface area contributed by atoms with E-state index < -0.39 is 0 Å². The molecule has 0 N–H and O–H groups in total. The minimum Gasteiger partial charge on any atom is -0.228 e. The Hall–Kier alpha value is -7.94. The molecule has 0 aliphatic carbocycles. The highest BCUT2D eigenvalue weighted by molar-refractivity contribution is 5.89. The van der Waals surface area contributed by atoms with Crippen LogP contribution < -0.4 is 0 Å². The number of rotatable bonds is 9. The van der Waals surface area contributed by atoms with Crippen molar-refractivity contribution in [3.8, 4) is 101 Å². The molecule has 0 atom stereocenters. The van der Waals surface area contributed by atoms with Crippen molar-refractivity contribution in [2.75, 3.05) is 0 Å². The van der Waals surface area contributed by atoms with Crippen LogP contribution in [-0.4, -0.2) is 9.97 Å². The summed E-state index contributed by atoms with van der Waals surface area (Å²) in [4.78, 5) is 10.5. The van der Waals surface area contributed by atoms with Crippen LogP contribution in [-0.2, 0) is 0 Å². The van der Waals surface area contributed by atoms with Crippen LogP contribution in [0.4, 0.5) is 0 Å². The van der Waals surface area contributed by atoms with Gasteiger partial charge in [-0.2, -0.15) is 0 Å².